The van der Waals surface area contributed by atoms with E-state index < -0.39 is 0 Å². The molecule has 1 heteroatoms. The summed E-state index contributed by atoms with van der Waals surface area (Å²) in [6.45, 7) is 2.19. The molecule has 1 aliphatic rings. The topological polar surface area (TPSA) is 0 Å². The Kier molecular flexibility index (Phi) is 3.68. The van der Waals surface area contributed by atoms with Crippen LogP contribution in [0.3, 0.4) is 0 Å². The fourth-order valence-corrected chi connectivity index (χ4v) is 1.74. The Labute approximate surface area is 76.9 Å². The zero-order valence-electron chi connectivity index (χ0n) is 6.84. The third-order valence-corrected chi connectivity index (χ3v) is 2.62. The monoisotopic (exact) mass is 213 g/mol. The van der Waals surface area contributed by atoms with Gasteiger partial charge in [0.15, 0.2) is 0 Å². The van der Waals surface area contributed by atoms with Gasteiger partial charge in [0.2, 0.25) is 0 Å². The standard InChI is InChI=1S/C10H13Se/c1-2-9-7-5-3-4-6-8-10(9)11/h5-8H,2-4H2,1H3/b7-5-,8-6-,10-9+. The second-order valence-electron chi connectivity index (χ2n) is 2.63. The summed E-state index contributed by atoms with van der Waals surface area (Å²) in [5.41, 5.74) is 1.42. The van der Waals surface area contributed by atoms with E-state index in [2.05, 4.69) is 47.2 Å². The van der Waals surface area contributed by atoms with Crippen LogP contribution < -0.4 is 0 Å². The number of rotatable bonds is 1. The molecular weight excluding hydrogens is 199 g/mol. The van der Waals surface area contributed by atoms with Crippen molar-refractivity contribution < 1.29 is 0 Å². The molecule has 1 radical (unpaired) electrons. The summed E-state index contributed by atoms with van der Waals surface area (Å²) >= 11 is 3.09. The SMILES string of the molecule is CCC1=C([Se])/C=C\CC/C=C\1. The summed E-state index contributed by atoms with van der Waals surface area (Å²) in [4.78, 5) is 0. The molecule has 0 saturated carbocycles. The molecule has 0 aliphatic heterocycles. The van der Waals surface area contributed by atoms with E-state index in [-0.39, 0.29) is 0 Å². The first-order valence-electron chi connectivity index (χ1n) is 4.08. The van der Waals surface area contributed by atoms with Crippen molar-refractivity contribution in [2.24, 2.45) is 0 Å². The summed E-state index contributed by atoms with van der Waals surface area (Å²) in [7, 11) is 0. The summed E-state index contributed by atoms with van der Waals surface area (Å²) in [5.74, 6) is 0. The molecule has 1 rings (SSSR count). The third kappa shape index (κ3) is 2.69. The fraction of sp³-hybridized carbons (Fsp3) is 0.400. The quantitative estimate of drug-likeness (QED) is 0.586. The summed E-state index contributed by atoms with van der Waals surface area (Å²) in [6, 6.07) is 0. The Hall–Kier alpha value is -0.261. The maximum absolute atomic E-state index is 3.09. The van der Waals surface area contributed by atoms with Crippen LogP contribution >= 0.6 is 0 Å². The zero-order valence-corrected chi connectivity index (χ0v) is 8.55. The summed E-state index contributed by atoms with van der Waals surface area (Å²) < 4.78 is 1.29. The van der Waals surface area contributed by atoms with E-state index in [1.54, 1.807) is 0 Å². The van der Waals surface area contributed by atoms with Crippen LogP contribution in [0, 0.1) is 0 Å². The van der Waals surface area contributed by atoms with Crippen LogP contribution in [0.1, 0.15) is 26.2 Å². The molecule has 0 aromatic rings. The summed E-state index contributed by atoms with van der Waals surface area (Å²) in [5, 5.41) is 0. The van der Waals surface area contributed by atoms with Gasteiger partial charge in [-0.2, -0.15) is 0 Å². The van der Waals surface area contributed by atoms with Gasteiger partial charge >= 0.3 is 76.5 Å². The van der Waals surface area contributed by atoms with Gasteiger partial charge in [0.05, 0.1) is 0 Å². The molecule has 0 bridgehead atoms. The third-order valence-electron chi connectivity index (χ3n) is 1.79. The molecule has 1 aliphatic carbocycles. The Morgan fingerprint density at radius 2 is 1.91 bits per heavy atom. The summed E-state index contributed by atoms with van der Waals surface area (Å²) in [6.07, 6.45) is 12.3. The first kappa shape index (κ1) is 8.83. The van der Waals surface area contributed by atoms with Crippen molar-refractivity contribution in [2.45, 2.75) is 26.2 Å². The zero-order chi connectivity index (χ0) is 8.10. The molecule has 0 aromatic heterocycles. The Bertz CT molecular complexity index is 209. The van der Waals surface area contributed by atoms with Crippen molar-refractivity contribution in [1.29, 1.82) is 0 Å². The van der Waals surface area contributed by atoms with Crippen molar-refractivity contribution in [3.8, 4) is 0 Å². The van der Waals surface area contributed by atoms with Crippen molar-refractivity contribution in [3.63, 3.8) is 0 Å². The van der Waals surface area contributed by atoms with Gasteiger partial charge in [-0.05, 0) is 0 Å². The number of hydrogen-bond donors (Lipinski definition) is 0. The molecule has 0 aromatic carbocycles. The van der Waals surface area contributed by atoms with Crippen LogP contribution in [0.4, 0.5) is 0 Å². The van der Waals surface area contributed by atoms with Crippen LogP contribution in [0.2, 0.25) is 0 Å². The molecule has 0 amide bonds. The predicted octanol–water partition coefficient (Wildman–Crippen LogP) is 2.73. The normalized spacial score (nSPS) is 30.6. The Morgan fingerprint density at radius 1 is 1.27 bits per heavy atom. The molecule has 0 N–H and O–H groups in total. The first-order valence-corrected chi connectivity index (χ1v) is 4.93. The van der Waals surface area contributed by atoms with Gasteiger partial charge in [-0.25, -0.2) is 0 Å². The molecule has 0 heterocycles. The average molecular weight is 212 g/mol. The second kappa shape index (κ2) is 4.58. The van der Waals surface area contributed by atoms with E-state index in [1.807, 2.05) is 0 Å². The van der Waals surface area contributed by atoms with Crippen LogP contribution in [0.15, 0.2) is 34.3 Å². The van der Waals surface area contributed by atoms with Crippen molar-refractivity contribution in [2.75, 3.05) is 0 Å². The molecule has 0 nitrogen and oxygen atoms in total. The number of hydrogen-bond acceptors (Lipinski definition) is 0. The van der Waals surface area contributed by atoms with Gasteiger partial charge < -0.3 is 0 Å². The van der Waals surface area contributed by atoms with E-state index in [1.165, 1.54) is 22.9 Å². The Morgan fingerprint density at radius 3 is 2.55 bits per heavy atom. The van der Waals surface area contributed by atoms with E-state index in [9.17, 15) is 0 Å². The van der Waals surface area contributed by atoms with E-state index in [0.29, 0.717) is 0 Å². The van der Waals surface area contributed by atoms with Crippen molar-refractivity contribution in [1.82, 2.24) is 0 Å². The minimum atomic E-state index is 1.11. The molecule has 0 fully saturated rings. The molecule has 0 atom stereocenters. The first-order chi connectivity index (χ1) is 5.34. The van der Waals surface area contributed by atoms with Crippen LogP contribution in [0.5, 0.6) is 0 Å². The molecule has 0 unspecified atom stereocenters. The molecule has 0 spiro atoms. The second-order valence-corrected chi connectivity index (χ2v) is 3.55. The van der Waals surface area contributed by atoms with Gasteiger partial charge in [0.1, 0.15) is 0 Å². The van der Waals surface area contributed by atoms with Crippen LogP contribution in [-0.4, -0.2) is 16.0 Å². The van der Waals surface area contributed by atoms with Gasteiger partial charge in [0, 0.05) is 0 Å². The van der Waals surface area contributed by atoms with Crippen molar-refractivity contribution in [3.05, 3.63) is 34.3 Å². The van der Waals surface area contributed by atoms with Crippen LogP contribution in [-0.2, 0) is 0 Å². The number of allylic oxidation sites excluding steroid dienone is 6. The minimum absolute atomic E-state index is 1.11. The molecule has 59 valence electrons. The predicted molar refractivity (Wildman–Crippen MR) is 50.6 cm³/mol. The Balaban J connectivity index is 2.86. The maximum atomic E-state index is 3.09. The fourth-order valence-electron chi connectivity index (χ4n) is 1.09. The molecule has 11 heavy (non-hydrogen) atoms. The van der Waals surface area contributed by atoms with Gasteiger partial charge in [0.25, 0.3) is 0 Å². The van der Waals surface area contributed by atoms with Gasteiger partial charge in [-0.15, -0.1) is 0 Å². The van der Waals surface area contributed by atoms with Gasteiger partial charge in [-0.1, -0.05) is 0 Å². The average Bonchev–Trinajstić information content (AvgIpc) is 1.98. The van der Waals surface area contributed by atoms with Crippen molar-refractivity contribution >= 4 is 16.0 Å². The molecular formula is C10H13Se. The van der Waals surface area contributed by atoms with E-state index in [4.69, 9.17) is 0 Å². The van der Waals surface area contributed by atoms with Crippen LogP contribution in [0.25, 0.3) is 0 Å². The molecule has 0 saturated heterocycles. The van der Waals surface area contributed by atoms with Gasteiger partial charge in [-0.3, -0.25) is 0 Å². The van der Waals surface area contributed by atoms with E-state index >= 15 is 0 Å². The van der Waals surface area contributed by atoms with E-state index in [0.717, 1.165) is 6.42 Å².